The van der Waals surface area contributed by atoms with Gasteiger partial charge in [-0.05, 0) is 38.5 Å². The van der Waals surface area contributed by atoms with Crippen LogP contribution in [0.2, 0.25) is 0 Å². The number of anilines is 1. The van der Waals surface area contributed by atoms with Gasteiger partial charge in [0.1, 0.15) is 6.54 Å². The number of hydrogen-bond acceptors (Lipinski definition) is 4. The highest BCUT2D eigenvalue weighted by Gasteiger charge is 2.22. The molecule has 0 aromatic heterocycles. The number of benzene rings is 2. The number of rotatable bonds is 7. The van der Waals surface area contributed by atoms with E-state index in [4.69, 9.17) is 0 Å². The zero-order valence-corrected chi connectivity index (χ0v) is 16.7. The molecule has 0 unspecified atom stereocenters. The average molecular weight is 388 g/mol. The summed E-state index contributed by atoms with van der Waals surface area (Å²) in [6.07, 6.45) is 1.03. The molecule has 1 amide bonds. The Hall–Kier alpha value is -2.67. The Morgan fingerprint density at radius 2 is 1.74 bits per heavy atom. The van der Waals surface area contributed by atoms with Crippen molar-refractivity contribution in [3.63, 3.8) is 0 Å². The van der Waals surface area contributed by atoms with Crippen molar-refractivity contribution in [1.29, 1.82) is 0 Å². The standard InChI is InChI=1S/C20H24N2O4S/c1-14-8-10-17(11-9-14)15(2)21-20(24)13-22(27(4,25)26)19-7-5-6-18(12-19)16(3)23/h5-12,15H,13H2,1-4H3,(H,21,24)/t15-/m1/s1. The van der Waals surface area contributed by atoms with Crippen molar-refractivity contribution in [1.82, 2.24) is 5.32 Å². The molecule has 27 heavy (non-hydrogen) atoms. The summed E-state index contributed by atoms with van der Waals surface area (Å²) in [5, 5.41) is 2.81. The highest BCUT2D eigenvalue weighted by molar-refractivity contribution is 7.92. The fourth-order valence-corrected chi connectivity index (χ4v) is 3.48. The van der Waals surface area contributed by atoms with E-state index in [0.717, 1.165) is 21.7 Å². The number of carbonyl (C=O) groups is 2. The molecule has 1 atom stereocenters. The third-order valence-corrected chi connectivity index (χ3v) is 5.32. The largest absolute Gasteiger partial charge is 0.348 e. The maximum atomic E-state index is 12.5. The van der Waals surface area contributed by atoms with Gasteiger partial charge in [-0.2, -0.15) is 0 Å². The molecule has 0 aliphatic carbocycles. The number of nitrogens with one attached hydrogen (secondary N) is 1. The van der Waals surface area contributed by atoms with Gasteiger partial charge in [-0.15, -0.1) is 0 Å². The second-order valence-electron chi connectivity index (χ2n) is 6.58. The van der Waals surface area contributed by atoms with Gasteiger partial charge in [0.25, 0.3) is 0 Å². The Morgan fingerprint density at radius 1 is 1.11 bits per heavy atom. The van der Waals surface area contributed by atoms with E-state index in [1.165, 1.54) is 13.0 Å². The zero-order chi connectivity index (χ0) is 20.2. The molecule has 0 heterocycles. The van der Waals surface area contributed by atoms with E-state index in [-0.39, 0.29) is 24.1 Å². The minimum absolute atomic E-state index is 0.178. The van der Waals surface area contributed by atoms with Crippen LogP contribution in [0.4, 0.5) is 5.69 Å². The predicted octanol–water partition coefficient (Wildman–Crippen LogP) is 2.84. The number of nitrogens with zero attached hydrogens (tertiary/aromatic N) is 1. The maximum absolute atomic E-state index is 12.5. The molecule has 6 nitrogen and oxygen atoms in total. The summed E-state index contributed by atoms with van der Waals surface area (Å²) >= 11 is 0. The monoisotopic (exact) mass is 388 g/mol. The number of Topliss-reactive ketones (excluding diaryl/α,β-unsaturated/α-hetero) is 1. The van der Waals surface area contributed by atoms with Crippen LogP contribution in [-0.2, 0) is 14.8 Å². The van der Waals surface area contributed by atoms with Gasteiger partial charge in [-0.1, -0.05) is 42.0 Å². The van der Waals surface area contributed by atoms with Crippen molar-refractivity contribution in [2.45, 2.75) is 26.8 Å². The fraction of sp³-hybridized carbons (Fsp3) is 0.300. The molecule has 144 valence electrons. The van der Waals surface area contributed by atoms with Gasteiger partial charge in [0, 0.05) is 5.56 Å². The molecular weight excluding hydrogens is 364 g/mol. The van der Waals surface area contributed by atoms with Gasteiger partial charge in [-0.25, -0.2) is 8.42 Å². The molecule has 0 saturated heterocycles. The molecule has 2 rings (SSSR count). The molecule has 0 spiro atoms. The van der Waals surface area contributed by atoms with Crippen molar-refractivity contribution in [3.05, 3.63) is 65.2 Å². The number of amides is 1. The SMILES string of the molecule is CC(=O)c1cccc(N(CC(=O)N[C@H](C)c2ccc(C)cc2)S(C)(=O)=O)c1. The van der Waals surface area contributed by atoms with Gasteiger partial charge in [0.15, 0.2) is 5.78 Å². The highest BCUT2D eigenvalue weighted by atomic mass is 32.2. The smallest absolute Gasteiger partial charge is 0.241 e. The number of carbonyl (C=O) groups excluding carboxylic acids is 2. The molecule has 2 aromatic carbocycles. The number of sulfonamides is 1. The van der Waals surface area contributed by atoms with E-state index in [1.807, 2.05) is 38.1 Å². The summed E-state index contributed by atoms with van der Waals surface area (Å²) in [6, 6.07) is 13.7. The molecule has 1 N–H and O–H groups in total. The van der Waals surface area contributed by atoms with Crippen LogP contribution in [0.5, 0.6) is 0 Å². The van der Waals surface area contributed by atoms with E-state index in [1.54, 1.807) is 18.2 Å². The first kappa shape index (κ1) is 20.6. The Labute approximate surface area is 160 Å². The first-order valence-electron chi connectivity index (χ1n) is 8.52. The quantitative estimate of drug-likeness (QED) is 0.739. The lowest BCUT2D eigenvalue weighted by molar-refractivity contribution is -0.120. The Morgan fingerprint density at radius 3 is 2.30 bits per heavy atom. The van der Waals surface area contributed by atoms with E-state index in [9.17, 15) is 18.0 Å². The highest BCUT2D eigenvalue weighted by Crippen LogP contribution is 2.20. The van der Waals surface area contributed by atoms with E-state index < -0.39 is 15.9 Å². The molecule has 7 heteroatoms. The number of ketones is 1. The summed E-state index contributed by atoms with van der Waals surface area (Å²) in [4.78, 5) is 24.0. The summed E-state index contributed by atoms with van der Waals surface area (Å²) in [6.45, 7) is 4.85. The van der Waals surface area contributed by atoms with Crippen molar-refractivity contribution in [2.24, 2.45) is 0 Å². The van der Waals surface area contributed by atoms with Crippen molar-refractivity contribution in [2.75, 3.05) is 17.1 Å². The van der Waals surface area contributed by atoms with Crippen LogP contribution in [0.3, 0.4) is 0 Å². The Kier molecular flexibility index (Phi) is 6.38. The van der Waals surface area contributed by atoms with Crippen molar-refractivity contribution < 1.29 is 18.0 Å². The summed E-state index contributed by atoms with van der Waals surface area (Å²) < 4.78 is 25.4. The van der Waals surface area contributed by atoms with Crippen LogP contribution in [0, 0.1) is 6.92 Å². The summed E-state index contributed by atoms with van der Waals surface area (Å²) in [7, 11) is -3.70. The molecule has 0 aliphatic heterocycles. The average Bonchev–Trinajstić information content (AvgIpc) is 2.59. The normalized spacial score (nSPS) is 12.3. The van der Waals surface area contributed by atoms with Gasteiger partial charge in [0.2, 0.25) is 15.9 Å². The summed E-state index contributed by atoms with van der Waals surface area (Å²) in [5.74, 6) is -0.607. The summed E-state index contributed by atoms with van der Waals surface area (Å²) in [5.41, 5.74) is 2.71. The van der Waals surface area contributed by atoms with Crippen molar-refractivity contribution in [3.8, 4) is 0 Å². The van der Waals surface area contributed by atoms with Gasteiger partial charge in [-0.3, -0.25) is 13.9 Å². The first-order valence-corrected chi connectivity index (χ1v) is 10.4. The Bertz CT molecular complexity index is 937. The second-order valence-corrected chi connectivity index (χ2v) is 8.48. The van der Waals surface area contributed by atoms with Crippen molar-refractivity contribution >= 4 is 27.4 Å². The van der Waals surface area contributed by atoms with E-state index >= 15 is 0 Å². The lowest BCUT2D eigenvalue weighted by Gasteiger charge is -2.23. The zero-order valence-electron chi connectivity index (χ0n) is 15.9. The van der Waals surface area contributed by atoms with Crippen LogP contribution in [0.15, 0.2) is 48.5 Å². The van der Waals surface area contributed by atoms with Gasteiger partial charge < -0.3 is 5.32 Å². The Balaban J connectivity index is 2.19. The van der Waals surface area contributed by atoms with E-state index in [0.29, 0.717) is 5.56 Å². The third-order valence-electron chi connectivity index (χ3n) is 4.18. The molecule has 0 bridgehead atoms. The van der Waals surface area contributed by atoms with Crippen LogP contribution in [0.25, 0.3) is 0 Å². The molecule has 2 aromatic rings. The number of aryl methyl sites for hydroxylation is 1. The van der Waals surface area contributed by atoms with Gasteiger partial charge >= 0.3 is 0 Å². The van der Waals surface area contributed by atoms with E-state index in [2.05, 4.69) is 5.32 Å². The fourth-order valence-electron chi connectivity index (χ4n) is 2.64. The molecule has 0 fully saturated rings. The lowest BCUT2D eigenvalue weighted by Crippen LogP contribution is -2.41. The first-order chi connectivity index (χ1) is 12.6. The molecular formula is C20H24N2O4S. The minimum Gasteiger partial charge on any atom is -0.348 e. The predicted molar refractivity (Wildman–Crippen MR) is 106 cm³/mol. The minimum atomic E-state index is -3.70. The lowest BCUT2D eigenvalue weighted by atomic mass is 10.1. The molecule has 0 radical (unpaired) electrons. The molecule has 0 aliphatic rings. The second kappa shape index (κ2) is 8.35. The maximum Gasteiger partial charge on any atom is 0.241 e. The van der Waals surface area contributed by atoms with Crippen LogP contribution >= 0.6 is 0 Å². The third kappa shape index (κ3) is 5.65. The van der Waals surface area contributed by atoms with Crippen LogP contribution in [-0.4, -0.2) is 32.9 Å². The molecule has 0 saturated carbocycles. The van der Waals surface area contributed by atoms with Gasteiger partial charge in [0.05, 0.1) is 18.0 Å². The van der Waals surface area contributed by atoms with Crippen LogP contribution in [0.1, 0.15) is 41.4 Å². The topological polar surface area (TPSA) is 83.6 Å². The number of hydrogen-bond donors (Lipinski definition) is 1. The van der Waals surface area contributed by atoms with Crippen LogP contribution < -0.4 is 9.62 Å².